The van der Waals surface area contributed by atoms with Crippen LogP contribution in [0.25, 0.3) is 0 Å². The van der Waals surface area contributed by atoms with Gasteiger partial charge in [-0.15, -0.1) is 6.58 Å². The van der Waals surface area contributed by atoms with Crippen molar-refractivity contribution in [1.82, 2.24) is 10.2 Å². The minimum absolute atomic E-state index is 0.0835. The van der Waals surface area contributed by atoms with Crippen LogP contribution in [0.1, 0.15) is 32.6 Å². The van der Waals surface area contributed by atoms with Gasteiger partial charge in [0.15, 0.2) is 0 Å². The number of hydrogen-bond donors (Lipinski definition) is 2. The van der Waals surface area contributed by atoms with Gasteiger partial charge in [-0.1, -0.05) is 13.0 Å². The molecule has 0 aromatic carbocycles. The Hall–Kier alpha value is -1.52. The summed E-state index contributed by atoms with van der Waals surface area (Å²) in [5.74, 6) is -1.24. The summed E-state index contributed by atoms with van der Waals surface area (Å²) in [5, 5.41) is 11.9. The van der Waals surface area contributed by atoms with E-state index in [1.54, 1.807) is 11.0 Å². The van der Waals surface area contributed by atoms with Crippen molar-refractivity contribution in [1.29, 1.82) is 0 Å². The molecule has 2 unspecified atom stereocenters. The molecule has 102 valence electrons. The Bertz CT molecular complexity index is 317. The summed E-state index contributed by atoms with van der Waals surface area (Å²) < 4.78 is 0. The second-order valence-corrected chi connectivity index (χ2v) is 4.70. The van der Waals surface area contributed by atoms with Gasteiger partial charge in [-0.2, -0.15) is 0 Å². The summed E-state index contributed by atoms with van der Waals surface area (Å²) in [7, 11) is 0. The Morgan fingerprint density at radius 2 is 2.33 bits per heavy atom. The average molecular weight is 254 g/mol. The topological polar surface area (TPSA) is 69.6 Å². The molecule has 0 spiro atoms. The predicted molar refractivity (Wildman–Crippen MR) is 69.4 cm³/mol. The molecular weight excluding hydrogens is 232 g/mol. The van der Waals surface area contributed by atoms with Gasteiger partial charge in [0.1, 0.15) is 0 Å². The third-order valence-electron chi connectivity index (χ3n) is 3.33. The van der Waals surface area contributed by atoms with E-state index in [1.807, 2.05) is 6.92 Å². The zero-order valence-corrected chi connectivity index (χ0v) is 10.9. The number of piperidine rings is 1. The fourth-order valence-electron chi connectivity index (χ4n) is 2.16. The largest absolute Gasteiger partial charge is 0.481 e. The minimum Gasteiger partial charge on any atom is -0.481 e. The van der Waals surface area contributed by atoms with Crippen LogP contribution < -0.4 is 5.32 Å². The Morgan fingerprint density at radius 3 is 2.89 bits per heavy atom. The van der Waals surface area contributed by atoms with Crippen molar-refractivity contribution < 1.29 is 14.7 Å². The number of carboxylic acids is 1. The molecule has 1 aliphatic heterocycles. The zero-order chi connectivity index (χ0) is 13.5. The predicted octanol–water partition coefficient (Wildman–Crippen LogP) is 1.85. The van der Waals surface area contributed by atoms with Crippen LogP contribution >= 0.6 is 0 Å². The number of carbonyl (C=O) groups excluding carboxylic acids is 1. The van der Waals surface area contributed by atoms with Crippen molar-refractivity contribution in [2.24, 2.45) is 5.92 Å². The van der Waals surface area contributed by atoms with Crippen LogP contribution in [0.5, 0.6) is 0 Å². The first-order chi connectivity index (χ1) is 8.58. The van der Waals surface area contributed by atoms with E-state index in [2.05, 4.69) is 11.9 Å². The first-order valence-corrected chi connectivity index (χ1v) is 6.47. The van der Waals surface area contributed by atoms with Gasteiger partial charge >= 0.3 is 12.0 Å². The number of aliphatic carboxylic acids is 1. The van der Waals surface area contributed by atoms with Crippen LogP contribution in [0.3, 0.4) is 0 Å². The van der Waals surface area contributed by atoms with Crippen LogP contribution in [0.15, 0.2) is 12.7 Å². The van der Waals surface area contributed by atoms with Gasteiger partial charge in [0.25, 0.3) is 0 Å². The molecule has 5 nitrogen and oxygen atoms in total. The van der Waals surface area contributed by atoms with E-state index in [0.717, 1.165) is 19.3 Å². The van der Waals surface area contributed by atoms with Crippen molar-refractivity contribution in [3.05, 3.63) is 12.7 Å². The monoisotopic (exact) mass is 254 g/mol. The normalized spacial score (nSPS) is 21.2. The summed E-state index contributed by atoms with van der Waals surface area (Å²) >= 11 is 0. The van der Waals surface area contributed by atoms with Crippen molar-refractivity contribution in [3.8, 4) is 0 Å². The highest BCUT2D eigenvalue weighted by molar-refractivity contribution is 5.76. The molecule has 1 rings (SSSR count). The highest BCUT2D eigenvalue weighted by atomic mass is 16.4. The molecule has 0 aromatic heterocycles. The Balaban J connectivity index is 2.50. The number of carbonyl (C=O) groups is 2. The number of likely N-dealkylation sites (tertiary alicyclic amines) is 1. The van der Waals surface area contributed by atoms with Gasteiger partial charge < -0.3 is 15.3 Å². The molecular formula is C13H22N2O3. The lowest BCUT2D eigenvalue weighted by atomic mass is 9.98. The molecule has 0 aromatic rings. The van der Waals surface area contributed by atoms with Gasteiger partial charge in [0.05, 0.1) is 5.92 Å². The highest BCUT2D eigenvalue weighted by Gasteiger charge is 2.28. The molecule has 1 heterocycles. The maximum absolute atomic E-state index is 12.0. The van der Waals surface area contributed by atoms with E-state index in [9.17, 15) is 9.59 Å². The van der Waals surface area contributed by atoms with Crippen molar-refractivity contribution in [2.45, 2.75) is 38.6 Å². The first-order valence-electron chi connectivity index (χ1n) is 6.47. The van der Waals surface area contributed by atoms with E-state index in [1.165, 1.54) is 0 Å². The molecule has 5 heteroatoms. The summed E-state index contributed by atoms with van der Waals surface area (Å²) in [4.78, 5) is 24.5. The van der Waals surface area contributed by atoms with E-state index in [-0.39, 0.29) is 12.1 Å². The summed E-state index contributed by atoms with van der Waals surface area (Å²) in [6, 6.07) is -0.0742. The number of amides is 2. The van der Waals surface area contributed by atoms with Gasteiger partial charge in [0, 0.05) is 19.1 Å². The number of carboxylic acid groups (broad SMARTS) is 1. The molecule has 1 aliphatic rings. The fraction of sp³-hybridized carbons (Fsp3) is 0.692. The van der Waals surface area contributed by atoms with E-state index in [0.29, 0.717) is 19.5 Å². The third kappa shape index (κ3) is 4.05. The molecule has 0 bridgehead atoms. The van der Waals surface area contributed by atoms with Gasteiger partial charge in [0.2, 0.25) is 0 Å². The molecule has 2 N–H and O–H groups in total. The first kappa shape index (κ1) is 14.5. The van der Waals surface area contributed by atoms with E-state index >= 15 is 0 Å². The molecule has 1 fully saturated rings. The third-order valence-corrected chi connectivity index (χ3v) is 3.33. The SMILES string of the molecule is C=CCC(CC)NC(=O)N1CCCC(C(=O)O)C1. The van der Waals surface area contributed by atoms with Crippen molar-refractivity contribution in [2.75, 3.05) is 13.1 Å². The maximum atomic E-state index is 12.0. The molecule has 0 radical (unpaired) electrons. The summed E-state index contributed by atoms with van der Waals surface area (Å²) in [5.41, 5.74) is 0. The van der Waals surface area contributed by atoms with Crippen molar-refractivity contribution >= 4 is 12.0 Å². The lowest BCUT2D eigenvalue weighted by Crippen LogP contribution is -2.49. The average Bonchev–Trinajstić information content (AvgIpc) is 2.38. The highest BCUT2D eigenvalue weighted by Crippen LogP contribution is 2.16. The molecule has 2 atom stereocenters. The summed E-state index contributed by atoms with van der Waals surface area (Å²) in [6.45, 7) is 6.62. The van der Waals surface area contributed by atoms with Crippen LogP contribution in [-0.2, 0) is 4.79 Å². The zero-order valence-electron chi connectivity index (χ0n) is 10.9. The van der Waals surface area contributed by atoms with Crippen molar-refractivity contribution in [3.63, 3.8) is 0 Å². The molecule has 2 amide bonds. The summed E-state index contributed by atoms with van der Waals surface area (Å²) in [6.07, 6.45) is 4.77. The van der Waals surface area contributed by atoms with Gasteiger partial charge in [-0.3, -0.25) is 4.79 Å². The van der Waals surface area contributed by atoms with E-state index < -0.39 is 11.9 Å². The van der Waals surface area contributed by atoms with E-state index in [4.69, 9.17) is 5.11 Å². The fourth-order valence-corrected chi connectivity index (χ4v) is 2.16. The second-order valence-electron chi connectivity index (χ2n) is 4.70. The van der Waals surface area contributed by atoms with Crippen LogP contribution in [-0.4, -0.2) is 41.1 Å². The number of nitrogens with one attached hydrogen (secondary N) is 1. The quantitative estimate of drug-likeness (QED) is 0.736. The smallest absolute Gasteiger partial charge is 0.317 e. The van der Waals surface area contributed by atoms with Crippen LogP contribution in [0.4, 0.5) is 4.79 Å². The Kier molecular flexibility index (Phi) is 5.68. The van der Waals surface area contributed by atoms with Gasteiger partial charge in [-0.25, -0.2) is 4.79 Å². The lowest BCUT2D eigenvalue weighted by Gasteiger charge is -2.32. The Morgan fingerprint density at radius 1 is 1.61 bits per heavy atom. The maximum Gasteiger partial charge on any atom is 0.317 e. The molecule has 1 saturated heterocycles. The van der Waals surface area contributed by atoms with Crippen LogP contribution in [0.2, 0.25) is 0 Å². The molecule has 0 aliphatic carbocycles. The van der Waals surface area contributed by atoms with Crippen LogP contribution in [0, 0.1) is 5.92 Å². The van der Waals surface area contributed by atoms with Gasteiger partial charge in [-0.05, 0) is 25.7 Å². The Labute approximate surface area is 108 Å². The number of urea groups is 1. The number of hydrogen-bond acceptors (Lipinski definition) is 2. The minimum atomic E-state index is -0.814. The molecule has 0 saturated carbocycles. The number of rotatable bonds is 5. The molecule has 18 heavy (non-hydrogen) atoms. The lowest BCUT2D eigenvalue weighted by molar-refractivity contribution is -0.143. The standard InChI is InChI=1S/C13H22N2O3/c1-3-6-11(4-2)14-13(18)15-8-5-7-10(9-15)12(16)17/h3,10-11H,1,4-9H2,2H3,(H,14,18)(H,16,17). The number of nitrogens with zero attached hydrogens (tertiary/aromatic N) is 1. The second kappa shape index (κ2) is 7.03.